The number of phenols is 1. The van der Waals surface area contributed by atoms with E-state index in [1.165, 1.54) is 18.3 Å². The highest BCUT2D eigenvalue weighted by atomic mass is 35.5. The molecule has 0 spiro atoms. The number of hydrogen-bond acceptors (Lipinski definition) is 3. The van der Waals surface area contributed by atoms with E-state index in [-0.39, 0.29) is 18.1 Å². The minimum atomic E-state index is -0.262. The van der Waals surface area contributed by atoms with Gasteiger partial charge in [-0.15, -0.1) is 0 Å². The lowest BCUT2D eigenvalue weighted by molar-refractivity contribution is -0.120. The number of nitrogens with one attached hydrogen (secondary N) is 1. The Bertz CT molecular complexity index is 670. The zero-order valence-electron chi connectivity index (χ0n) is 10.9. The summed E-state index contributed by atoms with van der Waals surface area (Å²) in [5, 5.41) is 14.0. The third-order valence-electron chi connectivity index (χ3n) is 2.66. The average Bonchev–Trinajstić information content (AvgIpc) is 2.44. The van der Waals surface area contributed by atoms with E-state index in [1.54, 1.807) is 30.3 Å². The van der Waals surface area contributed by atoms with Crippen molar-refractivity contribution in [3.63, 3.8) is 0 Å². The number of hydrogen-bond donors (Lipinski definition) is 2. The van der Waals surface area contributed by atoms with Crippen LogP contribution in [0.2, 0.25) is 10.0 Å². The molecule has 2 aromatic rings. The Balaban J connectivity index is 1.91. The molecule has 0 aromatic heterocycles. The van der Waals surface area contributed by atoms with Crippen LogP contribution in [-0.2, 0) is 11.2 Å². The maximum atomic E-state index is 11.7. The van der Waals surface area contributed by atoms with Gasteiger partial charge in [-0.25, -0.2) is 5.43 Å². The zero-order valence-corrected chi connectivity index (χ0v) is 12.4. The Morgan fingerprint density at radius 1 is 1.19 bits per heavy atom. The molecule has 0 fully saturated rings. The molecule has 6 heteroatoms. The van der Waals surface area contributed by atoms with Crippen LogP contribution in [0.4, 0.5) is 0 Å². The van der Waals surface area contributed by atoms with Crippen LogP contribution in [0.5, 0.6) is 5.75 Å². The fourth-order valence-electron chi connectivity index (χ4n) is 1.62. The van der Waals surface area contributed by atoms with Gasteiger partial charge in [0.2, 0.25) is 5.91 Å². The van der Waals surface area contributed by atoms with Crippen LogP contribution in [0.1, 0.15) is 11.1 Å². The van der Waals surface area contributed by atoms with Crippen LogP contribution in [0.25, 0.3) is 0 Å². The van der Waals surface area contributed by atoms with Crippen LogP contribution in [-0.4, -0.2) is 17.2 Å². The Labute approximate surface area is 132 Å². The van der Waals surface area contributed by atoms with Gasteiger partial charge in [-0.05, 0) is 29.8 Å². The molecule has 0 aliphatic heterocycles. The first kappa shape index (κ1) is 15.4. The van der Waals surface area contributed by atoms with E-state index < -0.39 is 0 Å². The zero-order chi connectivity index (χ0) is 15.2. The lowest BCUT2D eigenvalue weighted by Gasteiger charge is -2.01. The predicted molar refractivity (Wildman–Crippen MR) is 84.0 cm³/mol. The number of phenolic OH excluding ortho intramolecular Hbond substituents is 1. The summed E-state index contributed by atoms with van der Waals surface area (Å²) in [5.41, 5.74) is 3.85. The average molecular weight is 323 g/mol. The molecule has 0 saturated carbocycles. The first-order valence-corrected chi connectivity index (χ1v) is 6.85. The molecule has 21 heavy (non-hydrogen) atoms. The third-order valence-corrected chi connectivity index (χ3v) is 3.22. The van der Waals surface area contributed by atoms with Gasteiger partial charge in [-0.1, -0.05) is 41.4 Å². The largest absolute Gasteiger partial charge is 0.508 e. The van der Waals surface area contributed by atoms with Gasteiger partial charge in [-0.2, -0.15) is 5.10 Å². The molecule has 0 bridgehead atoms. The summed E-state index contributed by atoms with van der Waals surface area (Å²) in [4.78, 5) is 11.7. The maximum absolute atomic E-state index is 11.7. The fourth-order valence-corrected chi connectivity index (χ4v) is 2.08. The van der Waals surface area contributed by atoms with Crippen LogP contribution in [0, 0.1) is 0 Å². The molecule has 4 nitrogen and oxygen atoms in total. The molecule has 0 atom stereocenters. The van der Waals surface area contributed by atoms with Crippen molar-refractivity contribution in [3.8, 4) is 5.75 Å². The van der Waals surface area contributed by atoms with Gasteiger partial charge >= 0.3 is 0 Å². The smallest absolute Gasteiger partial charge is 0.244 e. The number of aromatic hydroxyl groups is 1. The molecule has 108 valence electrons. The second-order valence-corrected chi connectivity index (χ2v) is 5.15. The summed E-state index contributed by atoms with van der Waals surface area (Å²) < 4.78 is 0. The predicted octanol–water partition coefficient (Wildman–Crippen LogP) is 3.39. The van der Waals surface area contributed by atoms with Gasteiger partial charge in [0.15, 0.2) is 0 Å². The van der Waals surface area contributed by atoms with Gasteiger partial charge in [-0.3, -0.25) is 4.79 Å². The summed E-state index contributed by atoms with van der Waals surface area (Å²) in [6.45, 7) is 0. The first-order chi connectivity index (χ1) is 10.0. The molecule has 0 aliphatic carbocycles. The standard InChI is InChI=1S/C15H12Cl2N2O2/c16-12-4-3-11(14(17)8-12)9-18-19-15(21)7-10-1-5-13(20)6-2-10/h1-6,8-9,20H,7H2,(H,19,21)/b18-9-. The maximum Gasteiger partial charge on any atom is 0.244 e. The van der Waals surface area contributed by atoms with Crippen molar-refractivity contribution in [2.45, 2.75) is 6.42 Å². The topological polar surface area (TPSA) is 61.7 Å². The van der Waals surface area contributed by atoms with Crippen molar-refractivity contribution in [3.05, 3.63) is 63.6 Å². The van der Waals surface area contributed by atoms with Crippen LogP contribution < -0.4 is 5.43 Å². The Morgan fingerprint density at radius 2 is 1.90 bits per heavy atom. The first-order valence-electron chi connectivity index (χ1n) is 6.09. The minimum absolute atomic E-state index is 0.162. The lowest BCUT2D eigenvalue weighted by Crippen LogP contribution is -2.19. The van der Waals surface area contributed by atoms with Crippen LogP contribution >= 0.6 is 23.2 Å². The number of halogens is 2. The molecule has 2 rings (SSSR count). The molecule has 0 aliphatic rings. The number of amides is 1. The number of carbonyl (C=O) groups is 1. The number of hydrazone groups is 1. The number of rotatable bonds is 4. The molecule has 0 saturated heterocycles. The molecule has 2 aromatic carbocycles. The molecule has 1 amide bonds. The van der Waals surface area contributed by atoms with E-state index in [0.29, 0.717) is 15.6 Å². The van der Waals surface area contributed by atoms with E-state index in [1.807, 2.05) is 0 Å². The molecular weight excluding hydrogens is 311 g/mol. The van der Waals surface area contributed by atoms with Gasteiger partial charge in [0.25, 0.3) is 0 Å². The number of carbonyl (C=O) groups excluding carboxylic acids is 1. The van der Waals surface area contributed by atoms with Crippen molar-refractivity contribution < 1.29 is 9.90 Å². The third kappa shape index (κ3) is 4.77. The van der Waals surface area contributed by atoms with Crippen LogP contribution in [0.15, 0.2) is 47.6 Å². The van der Waals surface area contributed by atoms with Crippen molar-refractivity contribution in [2.75, 3.05) is 0 Å². The second kappa shape index (κ2) is 7.11. The summed E-state index contributed by atoms with van der Waals surface area (Å²) >= 11 is 11.8. The summed E-state index contributed by atoms with van der Waals surface area (Å²) in [6.07, 6.45) is 1.62. The summed E-state index contributed by atoms with van der Waals surface area (Å²) in [7, 11) is 0. The van der Waals surface area contributed by atoms with E-state index in [2.05, 4.69) is 10.5 Å². The molecule has 0 heterocycles. The summed E-state index contributed by atoms with van der Waals surface area (Å²) in [5.74, 6) is -0.100. The lowest BCUT2D eigenvalue weighted by atomic mass is 10.1. The number of nitrogens with zero attached hydrogens (tertiary/aromatic N) is 1. The van der Waals surface area contributed by atoms with Crippen molar-refractivity contribution in [1.82, 2.24) is 5.43 Å². The Morgan fingerprint density at radius 3 is 2.57 bits per heavy atom. The van der Waals surface area contributed by atoms with Gasteiger partial charge in [0, 0.05) is 10.6 Å². The monoisotopic (exact) mass is 322 g/mol. The normalized spacial score (nSPS) is 10.8. The van der Waals surface area contributed by atoms with E-state index in [4.69, 9.17) is 28.3 Å². The van der Waals surface area contributed by atoms with Gasteiger partial charge in [0.05, 0.1) is 17.7 Å². The Hall–Kier alpha value is -2.04. The quantitative estimate of drug-likeness (QED) is 0.669. The van der Waals surface area contributed by atoms with E-state index >= 15 is 0 Å². The number of benzene rings is 2. The fraction of sp³-hybridized carbons (Fsp3) is 0.0667. The highest BCUT2D eigenvalue weighted by Crippen LogP contribution is 2.19. The Kier molecular flexibility index (Phi) is 5.20. The van der Waals surface area contributed by atoms with Crippen molar-refractivity contribution in [1.29, 1.82) is 0 Å². The van der Waals surface area contributed by atoms with Crippen LogP contribution in [0.3, 0.4) is 0 Å². The molecule has 2 N–H and O–H groups in total. The summed E-state index contributed by atoms with van der Waals surface area (Å²) in [6, 6.07) is 11.4. The van der Waals surface area contributed by atoms with Crippen molar-refractivity contribution in [2.24, 2.45) is 5.10 Å². The molecule has 0 radical (unpaired) electrons. The van der Waals surface area contributed by atoms with Crippen molar-refractivity contribution >= 4 is 35.3 Å². The molecular formula is C15H12Cl2N2O2. The van der Waals surface area contributed by atoms with E-state index in [0.717, 1.165) is 5.56 Å². The highest BCUT2D eigenvalue weighted by Gasteiger charge is 2.02. The molecule has 0 unspecified atom stereocenters. The minimum Gasteiger partial charge on any atom is -0.508 e. The SMILES string of the molecule is O=C(Cc1ccc(O)cc1)N/N=C\c1ccc(Cl)cc1Cl. The highest BCUT2D eigenvalue weighted by molar-refractivity contribution is 6.36. The van der Waals surface area contributed by atoms with E-state index in [9.17, 15) is 4.79 Å². The second-order valence-electron chi connectivity index (χ2n) is 4.30. The van der Waals surface area contributed by atoms with Gasteiger partial charge < -0.3 is 5.11 Å². The van der Waals surface area contributed by atoms with Gasteiger partial charge in [0.1, 0.15) is 5.75 Å².